The molecule has 0 aliphatic carbocycles. The van der Waals surface area contributed by atoms with Crippen molar-refractivity contribution in [2.75, 3.05) is 18.0 Å². The van der Waals surface area contributed by atoms with Gasteiger partial charge in [0, 0.05) is 29.6 Å². The summed E-state index contributed by atoms with van der Waals surface area (Å²) in [7, 11) is 0. The van der Waals surface area contributed by atoms with E-state index in [1.54, 1.807) is 12.1 Å². The molecular weight excluding hydrogens is 331 g/mol. The minimum atomic E-state index is -0.199. The molecule has 4 heteroatoms. The largest absolute Gasteiger partial charge is 0.365 e. The summed E-state index contributed by atoms with van der Waals surface area (Å²) in [6.07, 6.45) is 0. The third kappa shape index (κ3) is 3.11. The van der Waals surface area contributed by atoms with Gasteiger partial charge >= 0.3 is 0 Å². The van der Waals surface area contributed by atoms with E-state index in [-0.39, 0.29) is 11.9 Å². The SMILES string of the molecule is CC1CNC(c2ccccc2)CN1c1cc(F)ccc1Br. The van der Waals surface area contributed by atoms with Crippen LogP contribution >= 0.6 is 15.9 Å². The Labute approximate surface area is 133 Å². The van der Waals surface area contributed by atoms with Crippen LogP contribution in [0, 0.1) is 5.82 Å². The summed E-state index contributed by atoms with van der Waals surface area (Å²) in [5.41, 5.74) is 2.19. The highest BCUT2D eigenvalue weighted by Gasteiger charge is 2.27. The predicted molar refractivity (Wildman–Crippen MR) is 88.1 cm³/mol. The molecule has 2 nitrogen and oxygen atoms in total. The predicted octanol–water partition coefficient (Wildman–Crippen LogP) is 4.13. The molecule has 1 fully saturated rings. The zero-order chi connectivity index (χ0) is 14.8. The molecule has 2 unspecified atom stereocenters. The monoisotopic (exact) mass is 348 g/mol. The Morgan fingerprint density at radius 3 is 2.71 bits per heavy atom. The van der Waals surface area contributed by atoms with Crippen LogP contribution in [0.3, 0.4) is 0 Å². The zero-order valence-electron chi connectivity index (χ0n) is 11.9. The smallest absolute Gasteiger partial charge is 0.125 e. The van der Waals surface area contributed by atoms with E-state index in [2.05, 4.69) is 57.3 Å². The first kappa shape index (κ1) is 14.5. The van der Waals surface area contributed by atoms with Crippen molar-refractivity contribution in [3.63, 3.8) is 0 Å². The van der Waals surface area contributed by atoms with Gasteiger partial charge in [-0.3, -0.25) is 0 Å². The maximum absolute atomic E-state index is 13.6. The minimum absolute atomic E-state index is 0.199. The summed E-state index contributed by atoms with van der Waals surface area (Å²) < 4.78 is 14.5. The molecule has 0 amide bonds. The summed E-state index contributed by atoms with van der Waals surface area (Å²) in [5.74, 6) is -0.199. The highest BCUT2D eigenvalue weighted by Crippen LogP contribution is 2.32. The second-order valence-corrected chi connectivity index (χ2v) is 6.32. The number of hydrogen-bond donors (Lipinski definition) is 1. The fourth-order valence-electron chi connectivity index (χ4n) is 2.81. The average Bonchev–Trinajstić information content (AvgIpc) is 2.51. The van der Waals surface area contributed by atoms with E-state index in [4.69, 9.17) is 0 Å². The number of benzene rings is 2. The fraction of sp³-hybridized carbons (Fsp3) is 0.294. The highest BCUT2D eigenvalue weighted by atomic mass is 79.9. The van der Waals surface area contributed by atoms with Crippen LogP contribution in [0.15, 0.2) is 53.0 Å². The Morgan fingerprint density at radius 2 is 1.95 bits per heavy atom. The minimum Gasteiger partial charge on any atom is -0.365 e. The van der Waals surface area contributed by atoms with Gasteiger partial charge in [-0.15, -0.1) is 0 Å². The molecule has 1 aliphatic rings. The molecule has 0 spiro atoms. The zero-order valence-corrected chi connectivity index (χ0v) is 13.5. The molecular formula is C17H18BrFN2. The molecule has 0 saturated carbocycles. The normalized spacial score (nSPS) is 22.3. The molecule has 110 valence electrons. The van der Waals surface area contributed by atoms with Gasteiger partial charge in [0.2, 0.25) is 0 Å². The Bertz CT molecular complexity index is 617. The van der Waals surface area contributed by atoms with Crippen molar-refractivity contribution in [2.24, 2.45) is 0 Å². The van der Waals surface area contributed by atoms with Gasteiger partial charge in [0.1, 0.15) is 5.82 Å². The number of hydrogen-bond acceptors (Lipinski definition) is 2. The average molecular weight is 349 g/mol. The van der Waals surface area contributed by atoms with Crippen molar-refractivity contribution in [1.82, 2.24) is 5.32 Å². The molecule has 0 aromatic heterocycles. The van der Waals surface area contributed by atoms with Crippen molar-refractivity contribution in [3.8, 4) is 0 Å². The number of nitrogens with zero attached hydrogens (tertiary/aromatic N) is 1. The van der Waals surface area contributed by atoms with E-state index in [1.165, 1.54) is 11.6 Å². The number of piperazine rings is 1. The van der Waals surface area contributed by atoms with Gasteiger partial charge < -0.3 is 10.2 Å². The van der Waals surface area contributed by atoms with Crippen LogP contribution in [-0.4, -0.2) is 19.1 Å². The second-order valence-electron chi connectivity index (χ2n) is 5.47. The molecule has 0 bridgehead atoms. The Kier molecular flexibility index (Phi) is 4.27. The van der Waals surface area contributed by atoms with Crippen molar-refractivity contribution in [3.05, 3.63) is 64.4 Å². The molecule has 0 radical (unpaired) electrons. The summed E-state index contributed by atoms with van der Waals surface area (Å²) in [5, 5.41) is 3.57. The van der Waals surface area contributed by atoms with Crippen LogP contribution in [0.4, 0.5) is 10.1 Å². The first-order valence-electron chi connectivity index (χ1n) is 7.15. The number of nitrogens with one attached hydrogen (secondary N) is 1. The van der Waals surface area contributed by atoms with Crippen LogP contribution in [0.2, 0.25) is 0 Å². The standard InChI is InChI=1S/C17H18BrFN2/c1-12-10-20-16(13-5-3-2-4-6-13)11-21(12)17-9-14(19)7-8-15(17)18/h2-9,12,16,20H,10-11H2,1H3. The summed E-state index contributed by atoms with van der Waals surface area (Å²) in [6.45, 7) is 3.86. The van der Waals surface area contributed by atoms with E-state index in [1.807, 2.05) is 6.07 Å². The molecule has 1 N–H and O–H groups in total. The molecule has 2 aromatic carbocycles. The van der Waals surface area contributed by atoms with E-state index in [9.17, 15) is 4.39 Å². The van der Waals surface area contributed by atoms with E-state index < -0.39 is 0 Å². The van der Waals surface area contributed by atoms with Crippen LogP contribution in [-0.2, 0) is 0 Å². The molecule has 2 aromatic rings. The molecule has 21 heavy (non-hydrogen) atoms. The lowest BCUT2D eigenvalue weighted by Crippen LogP contribution is -2.51. The first-order chi connectivity index (χ1) is 10.1. The van der Waals surface area contributed by atoms with E-state index >= 15 is 0 Å². The van der Waals surface area contributed by atoms with Crippen LogP contribution < -0.4 is 10.2 Å². The molecule has 2 atom stereocenters. The van der Waals surface area contributed by atoms with Gasteiger partial charge in [-0.1, -0.05) is 30.3 Å². The van der Waals surface area contributed by atoms with Crippen molar-refractivity contribution in [2.45, 2.75) is 19.0 Å². The maximum atomic E-state index is 13.6. The summed E-state index contributed by atoms with van der Waals surface area (Å²) in [4.78, 5) is 2.27. The van der Waals surface area contributed by atoms with Crippen LogP contribution in [0.25, 0.3) is 0 Å². The third-order valence-corrected chi connectivity index (χ3v) is 4.66. The Morgan fingerprint density at radius 1 is 1.19 bits per heavy atom. The lowest BCUT2D eigenvalue weighted by atomic mass is 10.0. The lowest BCUT2D eigenvalue weighted by molar-refractivity contribution is 0.413. The third-order valence-electron chi connectivity index (χ3n) is 3.99. The molecule has 3 rings (SSSR count). The molecule has 1 aliphatic heterocycles. The first-order valence-corrected chi connectivity index (χ1v) is 7.94. The quantitative estimate of drug-likeness (QED) is 0.877. The number of rotatable bonds is 2. The fourth-order valence-corrected chi connectivity index (χ4v) is 3.29. The lowest BCUT2D eigenvalue weighted by Gasteiger charge is -2.41. The van der Waals surface area contributed by atoms with Crippen molar-refractivity contribution >= 4 is 21.6 Å². The highest BCUT2D eigenvalue weighted by molar-refractivity contribution is 9.10. The summed E-state index contributed by atoms with van der Waals surface area (Å²) >= 11 is 3.54. The van der Waals surface area contributed by atoms with Gasteiger partial charge in [-0.2, -0.15) is 0 Å². The second kappa shape index (κ2) is 6.16. The Balaban J connectivity index is 1.89. The topological polar surface area (TPSA) is 15.3 Å². The number of halogens is 2. The Hall–Kier alpha value is -1.39. The van der Waals surface area contributed by atoms with E-state index in [0.29, 0.717) is 6.04 Å². The number of anilines is 1. The molecule has 1 saturated heterocycles. The summed E-state index contributed by atoms with van der Waals surface area (Å²) in [6, 6.07) is 15.8. The van der Waals surface area contributed by atoms with Gasteiger partial charge in [0.05, 0.1) is 5.69 Å². The van der Waals surface area contributed by atoms with Crippen LogP contribution in [0.5, 0.6) is 0 Å². The van der Waals surface area contributed by atoms with E-state index in [0.717, 1.165) is 23.2 Å². The van der Waals surface area contributed by atoms with Crippen LogP contribution in [0.1, 0.15) is 18.5 Å². The van der Waals surface area contributed by atoms with Gasteiger partial charge in [0.25, 0.3) is 0 Å². The molecule has 1 heterocycles. The van der Waals surface area contributed by atoms with Crippen molar-refractivity contribution in [1.29, 1.82) is 0 Å². The van der Waals surface area contributed by atoms with Gasteiger partial charge in [0.15, 0.2) is 0 Å². The van der Waals surface area contributed by atoms with Gasteiger partial charge in [-0.05, 0) is 46.6 Å². The van der Waals surface area contributed by atoms with Crippen molar-refractivity contribution < 1.29 is 4.39 Å². The maximum Gasteiger partial charge on any atom is 0.125 e. The van der Waals surface area contributed by atoms with Gasteiger partial charge in [-0.25, -0.2) is 4.39 Å².